The van der Waals surface area contributed by atoms with Crippen LogP contribution in [0.5, 0.6) is 5.75 Å². The lowest BCUT2D eigenvalue weighted by Crippen LogP contribution is -2.28. The Kier molecular flexibility index (Phi) is 13.3. The van der Waals surface area contributed by atoms with Crippen molar-refractivity contribution in [3.05, 3.63) is 54.0 Å². The maximum absolute atomic E-state index is 12.8. The van der Waals surface area contributed by atoms with Gasteiger partial charge in [0.25, 0.3) is 0 Å². The fourth-order valence-electron chi connectivity index (χ4n) is 5.86. The molecule has 5 atom stereocenters. The molecule has 0 aromatic heterocycles. The summed E-state index contributed by atoms with van der Waals surface area (Å²) in [6, 6.07) is 9.85. The summed E-state index contributed by atoms with van der Waals surface area (Å²) in [5.74, 6) is 1.48. The van der Waals surface area contributed by atoms with Crippen molar-refractivity contribution in [3.63, 3.8) is 0 Å². The van der Waals surface area contributed by atoms with Crippen molar-refractivity contribution in [1.82, 2.24) is 0 Å². The van der Waals surface area contributed by atoms with Crippen molar-refractivity contribution in [1.29, 1.82) is 0 Å². The summed E-state index contributed by atoms with van der Waals surface area (Å²) in [4.78, 5) is 12.8. The summed E-state index contributed by atoms with van der Waals surface area (Å²) < 4.78 is 34.7. The smallest absolute Gasteiger partial charge is 0.377 e. The van der Waals surface area contributed by atoms with E-state index >= 15 is 0 Å². The van der Waals surface area contributed by atoms with Gasteiger partial charge in [0.15, 0.2) is 12.6 Å². The number of hydrogen-bond donors (Lipinski definition) is 1. The van der Waals surface area contributed by atoms with Crippen LogP contribution in [-0.4, -0.2) is 56.7 Å². The summed E-state index contributed by atoms with van der Waals surface area (Å²) in [5.41, 5.74) is 0. The van der Waals surface area contributed by atoms with Gasteiger partial charge in [-0.25, -0.2) is 4.79 Å². The summed E-state index contributed by atoms with van der Waals surface area (Å²) in [7, 11) is 1.35. The molecule has 0 bridgehead atoms. The van der Waals surface area contributed by atoms with Gasteiger partial charge >= 0.3 is 5.97 Å². The van der Waals surface area contributed by atoms with Gasteiger partial charge in [0.2, 0.25) is 5.76 Å². The molecule has 0 radical (unpaired) electrons. The molecule has 0 spiro atoms. The first-order valence-electron chi connectivity index (χ1n) is 15.5. The molecule has 1 aliphatic carbocycles. The molecule has 8 heteroatoms. The third kappa shape index (κ3) is 10.3. The standard InChI is InChI=1S/C33H48O8/c1-36-33(35)32(41-31-19-9-12-24-39-31)29(40-30-18-8-11-23-38-30)17-6-5-16-27-25(20-21-28(27)34)13-7-10-22-37-26-14-3-2-4-15-26/h2-4,7,13-15,25,27-28,30-31,34H,5-6,8-12,16-24H2,1H3/b13-7+,32-29+/t25-,27+,28-,30?,31?/m0/s1. The first-order valence-corrected chi connectivity index (χ1v) is 15.5. The lowest BCUT2D eigenvalue weighted by Gasteiger charge is -2.28. The molecule has 1 N–H and O–H groups in total. The summed E-state index contributed by atoms with van der Waals surface area (Å²) >= 11 is 0. The molecule has 41 heavy (non-hydrogen) atoms. The lowest BCUT2D eigenvalue weighted by atomic mass is 9.89. The third-order valence-electron chi connectivity index (χ3n) is 8.13. The van der Waals surface area contributed by atoms with Crippen molar-refractivity contribution in [2.75, 3.05) is 26.9 Å². The third-order valence-corrected chi connectivity index (χ3v) is 8.13. The zero-order chi connectivity index (χ0) is 28.7. The number of para-hydroxylation sites is 1. The van der Waals surface area contributed by atoms with E-state index in [0.29, 0.717) is 37.9 Å². The number of esters is 1. The van der Waals surface area contributed by atoms with E-state index in [9.17, 15) is 9.90 Å². The second-order valence-corrected chi connectivity index (χ2v) is 11.2. The first kappa shape index (κ1) is 31.4. The zero-order valence-corrected chi connectivity index (χ0v) is 24.5. The Labute approximate surface area is 245 Å². The van der Waals surface area contributed by atoms with Crippen molar-refractivity contribution in [2.24, 2.45) is 11.8 Å². The van der Waals surface area contributed by atoms with Crippen molar-refractivity contribution in [3.8, 4) is 5.75 Å². The highest BCUT2D eigenvalue weighted by Crippen LogP contribution is 2.37. The molecule has 1 aromatic rings. The summed E-state index contributed by atoms with van der Waals surface area (Å²) in [5, 5.41) is 10.7. The van der Waals surface area contributed by atoms with E-state index in [1.54, 1.807) is 0 Å². The number of methoxy groups -OCH3 is 1. The van der Waals surface area contributed by atoms with E-state index in [-0.39, 0.29) is 17.8 Å². The van der Waals surface area contributed by atoms with Gasteiger partial charge in [0, 0.05) is 19.3 Å². The molecule has 228 valence electrons. The number of allylic oxidation sites excluding steroid dienone is 2. The Hall–Kier alpha value is -2.55. The SMILES string of the molecule is COC(=O)/C(OC1CCCCO1)=C(/CCCC[C@H]1[C@@H](O)CC[C@@H]1/C=C/CCOc1ccccc1)OC1CCCCO1. The second-order valence-electron chi connectivity index (χ2n) is 11.2. The number of aliphatic hydroxyl groups excluding tert-OH is 1. The van der Waals surface area contributed by atoms with Gasteiger partial charge in [-0.3, -0.25) is 0 Å². The topological polar surface area (TPSA) is 92.7 Å². The molecule has 4 rings (SSSR count). The van der Waals surface area contributed by atoms with Gasteiger partial charge in [-0.2, -0.15) is 0 Å². The van der Waals surface area contributed by atoms with Crippen LogP contribution in [0.2, 0.25) is 0 Å². The highest BCUT2D eigenvalue weighted by Gasteiger charge is 2.33. The minimum absolute atomic E-state index is 0.0907. The average Bonchev–Trinajstić information content (AvgIpc) is 3.37. The van der Waals surface area contributed by atoms with Gasteiger partial charge in [0.05, 0.1) is 33.0 Å². The molecular formula is C33H48O8. The molecule has 2 aliphatic heterocycles. The number of hydrogen-bond acceptors (Lipinski definition) is 8. The van der Waals surface area contributed by atoms with Crippen LogP contribution in [0.1, 0.15) is 83.5 Å². The first-order chi connectivity index (χ1) is 20.1. The summed E-state index contributed by atoms with van der Waals surface area (Å²) in [6.07, 6.45) is 14.6. The van der Waals surface area contributed by atoms with Crippen LogP contribution in [-0.2, 0) is 28.5 Å². The van der Waals surface area contributed by atoms with E-state index in [1.807, 2.05) is 30.3 Å². The molecule has 2 unspecified atom stereocenters. The molecule has 3 fully saturated rings. The molecule has 1 saturated carbocycles. The van der Waals surface area contributed by atoms with E-state index in [2.05, 4.69) is 12.2 Å². The molecule has 3 aliphatic rings. The van der Waals surface area contributed by atoms with Crippen LogP contribution >= 0.6 is 0 Å². The fraction of sp³-hybridized carbons (Fsp3) is 0.667. The maximum Gasteiger partial charge on any atom is 0.377 e. The largest absolute Gasteiger partial charge is 0.493 e. The molecule has 8 nitrogen and oxygen atoms in total. The van der Waals surface area contributed by atoms with Crippen molar-refractivity contribution < 1.29 is 38.3 Å². The maximum atomic E-state index is 12.8. The van der Waals surface area contributed by atoms with Crippen LogP contribution in [0.3, 0.4) is 0 Å². The van der Waals surface area contributed by atoms with Gasteiger partial charge < -0.3 is 33.5 Å². The Balaban J connectivity index is 1.31. The molecule has 2 heterocycles. The van der Waals surface area contributed by atoms with E-state index in [1.165, 1.54) is 7.11 Å². The highest BCUT2D eigenvalue weighted by molar-refractivity contribution is 5.86. The Morgan fingerprint density at radius 1 is 0.951 bits per heavy atom. The number of ether oxygens (including phenoxy) is 6. The van der Waals surface area contributed by atoms with Crippen molar-refractivity contribution in [2.45, 2.75) is 102 Å². The van der Waals surface area contributed by atoms with Crippen molar-refractivity contribution >= 4 is 5.97 Å². The summed E-state index contributed by atoms with van der Waals surface area (Å²) in [6.45, 7) is 1.89. The van der Waals surface area contributed by atoms with Crippen LogP contribution in [0.15, 0.2) is 54.0 Å². The molecule has 1 aromatic carbocycles. The number of benzene rings is 1. The molecular weight excluding hydrogens is 524 g/mol. The van der Waals surface area contributed by atoms with Gasteiger partial charge in [0.1, 0.15) is 11.5 Å². The highest BCUT2D eigenvalue weighted by atomic mass is 16.7. The number of carbonyl (C=O) groups excluding carboxylic acids is 1. The van der Waals surface area contributed by atoms with Gasteiger partial charge in [-0.15, -0.1) is 0 Å². The number of rotatable bonds is 15. The molecule has 0 amide bonds. The van der Waals surface area contributed by atoms with E-state index in [0.717, 1.165) is 82.8 Å². The predicted octanol–water partition coefficient (Wildman–Crippen LogP) is 6.43. The fourth-order valence-corrected chi connectivity index (χ4v) is 5.86. The Bertz CT molecular complexity index is 949. The minimum Gasteiger partial charge on any atom is -0.493 e. The normalized spacial score (nSPS) is 27.3. The lowest BCUT2D eigenvalue weighted by molar-refractivity contribution is -0.172. The zero-order valence-electron chi connectivity index (χ0n) is 24.5. The minimum atomic E-state index is -0.558. The van der Waals surface area contributed by atoms with Crippen LogP contribution in [0.25, 0.3) is 0 Å². The predicted molar refractivity (Wildman–Crippen MR) is 155 cm³/mol. The second kappa shape index (κ2) is 17.4. The number of aliphatic hydroxyl groups is 1. The Morgan fingerprint density at radius 3 is 2.37 bits per heavy atom. The van der Waals surface area contributed by atoms with Crippen LogP contribution in [0, 0.1) is 11.8 Å². The van der Waals surface area contributed by atoms with Gasteiger partial charge in [-0.1, -0.05) is 36.8 Å². The van der Waals surface area contributed by atoms with Crippen LogP contribution < -0.4 is 4.74 Å². The van der Waals surface area contributed by atoms with E-state index in [4.69, 9.17) is 28.4 Å². The number of carbonyl (C=O) groups is 1. The monoisotopic (exact) mass is 572 g/mol. The Morgan fingerprint density at radius 2 is 1.68 bits per heavy atom. The number of unbranched alkanes of at least 4 members (excludes halogenated alkanes) is 1. The van der Waals surface area contributed by atoms with E-state index < -0.39 is 18.5 Å². The van der Waals surface area contributed by atoms with Crippen LogP contribution in [0.4, 0.5) is 0 Å². The quantitative estimate of drug-likeness (QED) is 0.0845. The van der Waals surface area contributed by atoms with Gasteiger partial charge in [-0.05, 0) is 81.8 Å². The molecule has 2 saturated heterocycles. The average molecular weight is 573 g/mol.